The molecule has 1 N–H and O–H groups in total. The second-order valence-corrected chi connectivity index (χ2v) is 4.97. The van der Waals surface area contributed by atoms with Gasteiger partial charge in [0.15, 0.2) is 0 Å². The lowest BCUT2D eigenvalue weighted by Crippen LogP contribution is -2.43. The van der Waals surface area contributed by atoms with Crippen LogP contribution in [0.15, 0.2) is 0 Å². The van der Waals surface area contributed by atoms with Crippen LogP contribution in [0, 0.1) is 17.3 Å². The summed E-state index contributed by atoms with van der Waals surface area (Å²) in [6.07, 6.45) is 3.21. The summed E-state index contributed by atoms with van der Waals surface area (Å²) in [5.41, 5.74) is -0.112. The Morgan fingerprint density at radius 2 is 2.15 bits per heavy atom. The van der Waals surface area contributed by atoms with Crippen molar-refractivity contribution in [2.75, 3.05) is 0 Å². The molecule has 2 aliphatic carbocycles. The summed E-state index contributed by atoms with van der Waals surface area (Å²) in [6, 6.07) is 0. The molecule has 74 valence electrons. The van der Waals surface area contributed by atoms with E-state index in [-0.39, 0.29) is 11.5 Å². The third kappa shape index (κ3) is 1.15. The fraction of sp³-hybridized carbons (Fsp3) is 0.909. The quantitative estimate of drug-likeness (QED) is 0.620. The molecular weight excluding hydrogens is 164 g/mol. The molecule has 0 saturated heterocycles. The van der Waals surface area contributed by atoms with Crippen LogP contribution in [-0.4, -0.2) is 17.0 Å². The summed E-state index contributed by atoms with van der Waals surface area (Å²) >= 11 is 0. The highest BCUT2D eigenvalue weighted by molar-refractivity contribution is 5.87. The molecule has 4 atom stereocenters. The Labute approximate surface area is 79.3 Å². The van der Waals surface area contributed by atoms with Crippen molar-refractivity contribution in [2.45, 2.75) is 45.6 Å². The van der Waals surface area contributed by atoms with E-state index in [4.69, 9.17) is 0 Å². The standard InChI is InChI=1S/C11H18O2/c1-7-5-9(12)6-8-3-4-10(13)11(7,8)2/h7-9,12H,3-6H2,1-2H3. The number of hydrogen-bond donors (Lipinski definition) is 1. The first-order valence-electron chi connectivity index (χ1n) is 5.26. The van der Waals surface area contributed by atoms with Gasteiger partial charge in [-0.15, -0.1) is 0 Å². The van der Waals surface area contributed by atoms with Crippen molar-refractivity contribution < 1.29 is 9.90 Å². The van der Waals surface area contributed by atoms with Gasteiger partial charge < -0.3 is 5.11 Å². The fourth-order valence-electron chi connectivity index (χ4n) is 3.22. The van der Waals surface area contributed by atoms with Crippen LogP contribution < -0.4 is 0 Å². The third-order valence-corrected chi connectivity index (χ3v) is 4.37. The molecule has 2 aliphatic rings. The SMILES string of the molecule is CC1CC(O)CC2CCC(=O)C12C. The summed E-state index contributed by atoms with van der Waals surface area (Å²) in [5, 5.41) is 9.62. The van der Waals surface area contributed by atoms with Gasteiger partial charge in [-0.05, 0) is 31.1 Å². The van der Waals surface area contributed by atoms with Gasteiger partial charge in [0, 0.05) is 11.8 Å². The average Bonchev–Trinajstić information content (AvgIpc) is 2.33. The average molecular weight is 182 g/mol. The normalized spacial score (nSPS) is 50.7. The predicted molar refractivity (Wildman–Crippen MR) is 50.2 cm³/mol. The van der Waals surface area contributed by atoms with Gasteiger partial charge in [-0.25, -0.2) is 0 Å². The highest BCUT2D eigenvalue weighted by atomic mass is 16.3. The molecule has 2 rings (SSSR count). The lowest BCUT2D eigenvalue weighted by atomic mass is 9.62. The van der Waals surface area contributed by atoms with Crippen LogP contribution in [0.2, 0.25) is 0 Å². The number of carbonyl (C=O) groups is 1. The number of fused-ring (bicyclic) bond motifs is 1. The Morgan fingerprint density at radius 3 is 2.85 bits per heavy atom. The maximum Gasteiger partial charge on any atom is 0.139 e. The van der Waals surface area contributed by atoms with E-state index in [2.05, 4.69) is 13.8 Å². The van der Waals surface area contributed by atoms with Gasteiger partial charge >= 0.3 is 0 Å². The molecule has 0 aliphatic heterocycles. The van der Waals surface area contributed by atoms with Crippen LogP contribution in [0.3, 0.4) is 0 Å². The number of Topliss-reactive ketones (excluding diaryl/α,β-unsaturated/α-hetero) is 1. The number of carbonyl (C=O) groups excluding carboxylic acids is 1. The maximum atomic E-state index is 11.8. The zero-order chi connectivity index (χ0) is 9.64. The summed E-state index contributed by atoms with van der Waals surface area (Å²) in [7, 11) is 0. The molecule has 0 bridgehead atoms. The lowest BCUT2D eigenvalue weighted by Gasteiger charge is -2.42. The molecule has 0 amide bonds. The van der Waals surface area contributed by atoms with Crippen LogP contribution in [0.25, 0.3) is 0 Å². The Morgan fingerprint density at radius 1 is 1.46 bits per heavy atom. The predicted octanol–water partition coefficient (Wildman–Crippen LogP) is 1.76. The van der Waals surface area contributed by atoms with E-state index in [0.717, 1.165) is 25.7 Å². The van der Waals surface area contributed by atoms with Gasteiger partial charge in [-0.3, -0.25) is 4.79 Å². The van der Waals surface area contributed by atoms with Crippen LogP contribution in [0.5, 0.6) is 0 Å². The number of ketones is 1. The molecule has 2 saturated carbocycles. The van der Waals surface area contributed by atoms with Crippen molar-refractivity contribution in [2.24, 2.45) is 17.3 Å². The molecule has 13 heavy (non-hydrogen) atoms. The van der Waals surface area contributed by atoms with Crippen LogP contribution >= 0.6 is 0 Å². The molecule has 0 aromatic carbocycles. The second kappa shape index (κ2) is 2.81. The van der Waals surface area contributed by atoms with Gasteiger partial charge in [0.05, 0.1) is 6.10 Å². The minimum absolute atomic E-state index is 0.112. The molecule has 2 heteroatoms. The van der Waals surface area contributed by atoms with E-state index in [1.54, 1.807) is 0 Å². The van der Waals surface area contributed by atoms with Gasteiger partial charge in [0.2, 0.25) is 0 Å². The van der Waals surface area contributed by atoms with E-state index >= 15 is 0 Å². The summed E-state index contributed by atoms with van der Waals surface area (Å²) in [6.45, 7) is 4.21. The van der Waals surface area contributed by atoms with Gasteiger partial charge in [0.25, 0.3) is 0 Å². The van der Waals surface area contributed by atoms with E-state index in [9.17, 15) is 9.90 Å². The Balaban J connectivity index is 2.28. The highest BCUT2D eigenvalue weighted by Gasteiger charge is 2.52. The molecular formula is C11H18O2. The summed E-state index contributed by atoms with van der Waals surface area (Å²) in [4.78, 5) is 11.8. The summed E-state index contributed by atoms with van der Waals surface area (Å²) in [5.74, 6) is 1.23. The van der Waals surface area contributed by atoms with Crippen molar-refractivity contribution in [1.82, 2.24) is 0 Å². The molecule has 2 nitrogen and oxygen atoms in total. The van der Waals surface area contributed by atoms with Gasteiger partial charge in [-0.1, -0.05) is 13.8 Å². The largest absolute Gasteiger partial charge is 0.393 e. The van der Waals surface area contributed by atoms with Crippen molar-refractivity contribution in [3.05, 3.63) is 0 Å². The number of hydrogen-bond acceptors (Lipinski definition) is 2. The third-order valence-electron chi connectivity index (χ3n) is 4.37. The zero-order valence-electron chi connectivity index (χ0n) is 8.42. The minimum Gasteiger partial charge on any atom is -0.393 e. The molecule has 0 heterocycles. The Hall–Kier alpha value is -0.370. The topological polar surface area (TPSA) is 37.3 Å². The molecule has 2 fully saturated rings. The first kappa shape index (κ1) is 9.20. The van der Waals surface area contributed by atoms with E-state index in [1.165, 1.54) is 0 Å². The molecule has 0 radical (unpaired) electrons. The Bertz CT molecular complexity index is 236. The van der Waals surface area contributed by atoms with E-state index in [0.29, 0.717) is 17.6 Å². The van der Waals surface area contributed by atoms with Gasteiger partial charge in [-0.2, -0.15) is 0 Å². The molecule has 4 unspecified atom stereocenters. The van der Waals surface area contributed by atoms with Crippen molar-refractivity contribution in [1.29, 1.82) is 0 Å². The van der Waals surface area contributed by atoms with E-state index < -0.39 is 0 Å². The Kier molecular flexibility index (Phi) is 1.99. The molecule has 0 aromatic heterocycles. The maximum absolute atomic E-state index is 11.8. The smallest absolute Gasteiger partial charge is 0.139 e. The first-order chi connectivity index (χ1) is 6.05. The van der Waals surface area contributed by atoms with Crippen LogP contribution in [-0.2, 0) is 4.79 Å². The van der Waals surface area contributed by atoms with Crippen LogP contribution in [0.4, 0.5) is 0 Å². The fourth-order valence-corrected chi connectivity index (χ4v) is 3.22. The van der Waals surface area contributed by atoms with Gasteiger partial charge in [0.1, 0.15) is 5.78 Å². The zero-order valence-corrected chi connectivity index (χ0v) is 8.42. The van der Waals surface area contributed by atoms with Crippen molar-refractivity contribution in [3.63, 3.8) is 0 Å². The van der Waals surface area contributed by atoms with E-state index in [1.807, 2.05) is 0 Å². The second-order valence-electron chi connectivity index (χ2n) is 4.97. The molecule has 0 aromatic rings. The number of aliphatic hydroxyl groups excluding tert-OH is 1. The monoisotopic (exact) mass is 182 g/mol. The summed E-state index contributed by atoms with van der Waals surface area (Å²) < 4.78 is 0. The minimum atomic E-state index is -0.168. The number of aliphatic hydroxyl groups is 1. The molecule has 0 spiro atoms. The van der Waals surface area contributed by atoms with Crippen molar-refractivity contribution in [3.8, 4) is 0 Å². The number of rotatable bonds is 0. The highest BCUT2D eigenvalue weighted by Crippen LogP contribution is 2.52. The van der Waals surface area contributed by atoms with Crippen LogP contribution in [0.1, 0.15) is 39.5 Å². The first-order valence-corrected chi connectivity index (χ1v) is 5.26. The lowest BCUT2D eigenvalue weighted by molar-refractivity contribution is -0.132. The van der Waals surface area contributed by atoms with Crippen molar-refractivity contribution >= 4 is 5.78 Å².